The minimum absolute atomic E-state index is 0.118. The molecule has 0 saturated carbocycles. The van der Waals surface area contributed by atoms with Crippen LogP contribution in [0.4, 0.5) is 5.82 Å². The lowest BCUT2D eigenvalue weighted by Crippen LogP contribution is -2.36. The second-order valence-electron chi connectivity index (χ2n) is 6.75. The quantitative estimate of drug-likeness (QED) is 0.649. The van der Waals surface area contributed by atoms with Gasteiger partial charge in [-0.3, -0.25) is 14.8 Å². The molecule has 1 saturated heterocycles. The van der Waals surface area contributed by atoms with Gasteiger partial charge in [0, 0.05) is 18.3 Å². The molecule has 2 aliphatic rings. The number of aromatic nitrogens is 1. The van der Waals surface area contributed by atoms with Crippen LogP contribution in [0.5, 0.6) is 0 Å². The van der Waals surface area contributed by atoms with Crippen molar-refractivity contribution in [1.29, 1.82) is 0 Å². The fourth-order valence-corrected chi connectivity index (χ4v) is 3.82. The van der Waals surface area contributed by atoms with Crippen molar-refractivity contribution in [2.45, 2.75) is 25.7 Å². The van der Waals surface area contributed by atoms with Crippen LogP contribution in [0.1, 0.15) is 34.3 Å². The molecular weight excluding hydrogens is 318 g/mol. The molecule has 6 heteroatoms. The van der Waals surface area contributed by atoms with Crippen LogP contribution < -0.4 is 10.4 Å². The van der Waals surface area contributed by atoms with Gasteiger partial charge in [0.15, 0.2) is 5.82 Å². The Bertz CT molecular complexity index is 837. The van der Waals surface area contributed by atoms with E-state index in [1.54, 1.807) is 30.3 Å². The van der Waals surface area contributed by atoms with Gasteiger partial charge in [-0.2, -0.15) is 5.06 Å². The van der Waals surface area contributed by atoms with Crippen LogP contribution in [0.15, 0.2) is 42.6 Å². The average molecular weight is 337 g/mol. The largest absolute Gasteiger partial charge is 0.356 e. The number of carbonyl (C=O) groups excluding carboxylic acids is 2. The molecule has 1 spiro atoms. The number of hydrogen-bond donors (Lipinski definition) is 2. The van der Waals surface area contributed by atoms with Crippen molar-refractivity contribution < 1.29 is 14.8 Å². The number of hydrogen-bond acceptors (Lipinski definition) is 4. The number of nitrogens with one attached hydrogen (secondary N) is 1. The number of hydroxylamine groups is 1. The Labute approximate surface area is 145 Å². The third-order valence-electron chi connectivity index (χ3n) is 5.28. The minimum Gasteiger partial charge on any atom is -0.356 e. The van der Waals surface area contributed by atoms with Crippen molar-refractivity contribution in [3.05, 3.63) is 59.3 Å². The summed E-state index contributed by atoms with van der Waals surface area (Å²) in [6.07, 6.45) is 4.68. The monoisotopic (exact) mass is 337 g/mol. The Hall–Kier alpha value is -2.73. The molecule has 2 heterocycles. The highest BCUT2D eigenvalue weighted by Crippen LogP contribution is 2.41. The second-order valence-corrected chi connectivity index (χ2v) is 6.75. The third-order valence-corrected chi connectivity index (χ3v) is 5.28. The Kier molecular flexibility index (Phi) is 3.77. The van der Waals surface area contributed by atoms with Crippen molar-refractivity contribution >= 4 is 17.6 Å². The zero-order valence-corrected chi connectivity index (χ0v) is 13.7. The molecule has 1 aliphatic heterocycles. The lowest BCUT2D eigenvalue weighted by atomic mass is 9.70. The summed E-state index contributed by atoms with van der Waals surface area (Å²) >= 11 is 0. The van der Waals surface area contributed by atoms with E-state index in [9.17, 15) is 14.8 Å². The first-order chi connectivity index (χ1) is 12.1. The fraction of sp³-hybridized carbons (Fsp3) is 0.316. The van der Waals surface area contributed by atoms with Crippen molar-refractivity contribution in [2.75, 3.05) is 11.6 Å². The smallest absolute Gasteiger partial charge is 0.283 e. The zero-order chi connectivity index (χ0) is 17.4. The van der Waals surface area contributed by atoms with Crippen LogP contribution in [0.3, 0.4) is 0 Å². The topological polar surface area (TPSA) is 82.5 Å². The van der Waals surface area contributed by atoms with Gasteiger partial charge in [0.2, 0.25) is 5.91 Å². The van der Waals surface area contributed by atoms with Crippen LogP contribution in [0, 0.1) is 5.41 Å². The van der Waals surface area contributed by atoms with E-state index in [0.717, 1.165) is 31.4 Å². The van der Waals surface area contributed by atoms with Crippen LogP contribution >= 0.6 is 0 Å². The van der Waals surface area contributed by atoms with E-state index in [0.29, 0.717) is 17.0 Å². The maximum Gasteiger partial charge on any atom is 0.283 e. The molecule has 0 unspecified atom stereocenters. The van der Waals surface area contributed by atoms with Crippen molar-refractivity contribution in [1.82, 2.24) is 10.3 Å². The van der Waals surface area contributed by atoms with E-state index < -0.39 is 5.91 Å². The summed E-state index contributed by atoms with van der Waals surface area (Å²) in [6, 6.07) is 10.4. The molecule has 0 bridgehead atoms. The summed E-state index contributed by atoms with van der Waals surface area (Å²) in [5.41, 5.74) is 2.24. The molecule has 2 aromatic rings. The summed E-state index contributed by atoms with van der Waals surface area (Å²) in [4.78, 5) is 28.8. The summed E-state index contributed by atoms with van der Waals surface area (Å²) in [7, 11) is 0. The lowest BCUT2D eigenvalue weighted by Gasteiger charge is -2.32. The summed E-state index contributed by atoms with van der Waals surface area (Å²) in [5, 5.41) is 13.6. The Balaban J connectivity index is 1.62. The van der Waals surface area contributed by atoms with Gasteiger partial charge in [0.05, 0.1) is 5.41 Å². The number of aryl methyl sites for hydroxylation is 1. The molecule has 0 radical (unpaired) electrons. The van der Waals surface area contributed by atoms with Gasteiger partial charge in [-0.15, -0.1) is 0 Å². The van der Waals surface area contributed by atoms with Crippen molar-refractivity contribution in [3.8, 4) is 0 Å². The highest BCUT2D eigenvalue weighted by molar-refractivity contribution is 6.04. The zero-order valence-electron chi connectivity index (χ0n) is 13.7. The molecule has 2 amide bonds. The maximum atomic E-state index is 12.6. The summed E-state index contributed by atoms with van der Waals surface area (Å²) in [6.45, 7) is 0.719. The van der Waals surface area contributed by atoms with Gasteiger partial charge in [0.25, 0.3) is 5.91 Å². The van der Waals surface area contributed by atoms with Gasteiger partial charge in [-0.25, -0.2) is 4.98 Å². The van der Waals surface area contributed by atoms with Gasteiger partial charge in [-0.05, 0) is 61.1 Å². The molecule has 1 aliphatic carbocycles. The molecule has 2 N–H and O–H groups in total. The predicted molar refractivity (Wildman–Crippen MR) is 91.4 cm³/mol. The number of carbonyl (C=O) groups is 2. The first kappa shape index (κ1) is 15.8. The molecule has 1 aromatic heterocycles. The SMILES string of the molecule is O=C(c1ccc2c(c1)C[C@@]1(CCNC1=O)CC2)N(O)c1ccccn1. The Morgan fingerprint density at radius 3 is 2.80 bits per heavy atom. The predicted octanol–water partition coefficient (Wildman–Crippen LogP) is 2.11. The highest BCUT2D eigenvalue weighted by Gasteiger charge is 2.44. The van der Waals surface area contributed by atoms with E-state index in [2.05, 4.69) is 10.3 Å². The Morgan fingerprint density at radius 2 is 2.08 bits per heavy atom. The van der Waals surface area contributed by atoms with Crippen LogP contribution in [0.25, 0.3) is 0 Å². The molecule has 1 atom stereocenters. The molecule has 1 fully saturated rings. The highest BCUT2D eigenvalue weighted by atomic mass is 16.5. The van der Waals surface area contributed by atoms with Crippen LogP contribution in [-0.4, -0.2) is 28.6 Å². The van der Waals surface area contributed by atoms with Crippen LogP contribution in [0.2, 0.25) is 0 Å². The van der Waals surface area contributed by atoms with E-state index in [1.807, 2.05) is 6.07 Å². The third kappa shape index (κ3) is 2.68. The second kappa shape index (κ2) is 5.97. The number of pyridine rings is 1. The fourth-order valence-electron chi connectivity index (χ4n) is 3.82. The minimum atomic E-state index is -0.531. The van der Waals surface area contributed by atoms with Crippen molar-refractivity contribution in [2.24, 2.45) is 5.41 Å². The van der Waals surface area contributed by atoms with Crippen LogP contribution in [-0.2, 0) is 17.6 Å². The number of nitrogens with zero attached hydrogens (tertiary/aromatic N) is 2. The normalized spacial score (nSPS) is 21.7. The van der Waals surface area contributed by atoms with Gasteiger partial charge >= 0.3 is 0 Å². The number of amides is 2. The van der Waals surface area contributed by atoms with E-state index in [-0.39, 0.29) is 17.1 Å². The molecule has 4 rings (SSSR count). The summed E-state index contributed by atoms with van der Waals surface area (Å²) < 4.78 is 0. The molecule has 128 valence electrons. The molecular formula is C19H19N3O3. The number of anilines is 1. The van der Waals surface area contributed by atoms with E-state index in [4.69, 9.17) is 0 Å². The number of benzene rings is 1. The van der Waals surface area contributed by atoms with Gasteiger partial charge in [-0.1, -0.05) is 12.1 Å². The maximum absolute atomic E-state index is 12.6. The average Bonchev–Trinajstić information content (AvgIpc) is 3.00. The lowest BCUT2D eigenvalue weighted by molar-refractivity contribution is -0.128. The van der Waals surface area contributed by atoms with Gasteiger partial charge < -0.3 is 5.32 Å². The summed E-state index contributed by atoms with van der Waals surface area (Å²) in [5.74, 6) is -0.235. The van der Waals surface area contributed by atoms with Crippen molar-refractivity contribution in [3.63, 3.8) is 0 Å². The first-order valence-electron chi connectivity index (χ1n) is 8.44. The number of fused-ring (bicyclic) bond motifs is 1. The van der Waals surface area contributed by atoms with Gasteiger partial charge in [0.1, 0.15) is 0 Å². The molecule has 1 aromatic carbocycles. The van der Waals surface area contributed by atoms with E-state index >= 15 is 0 Å². The van der Waals surface area contributed by atoms with E-state index in [1.165, 1.54) is 11.8 Å². The first-order valence-corrected chi connectivity index (χ1v) is 8.44. The Morgan fingerprint density at radius 1 is 1.20 bits per heavy atom. The molecule has 6 nitrogen and oxygen atoms in total. The number of rotatable bonds is 2. The standard InChI is InChI=1S/C19H19N3O3/c23-17(22(25)16-3-1-2-9-20-16)14-5-4-13-6-7-19(12-15(13)11-14)8-10-21-18(19)24/h1-5,9,11,25H,6-8,10,12H2,(H,21,24)/t19-/m0/s1. The molecule has 25 heavy (non-hydrogen) atoms.